The Bertz CT molecular complexity index is 615. The molecule has 0 aromatic carbocycles. The van der Waals surface area contributed by atoms with Gasteiger partial charge in [0.05, 0.1) is 17.8 Å². The molecule has 0 radical (unpaired) electrons. The number of nitrogens with zero attached hydrogens (tertiary/aromatic N) is 1. The molecule has 2 fully saturated rings. The molecule has 0 spiro atoms. The predicted molar refractivity (Wildman–Crippen MR) is 105 cm³/mol. The van der Waals surface area contributed by atoms with Crippen LogP contribution in [-0.4, -0.2) is 53.2 Å². The van der Waals surface area contributed by atoms with Crippen LogP contribution in [0.3, 0.4) is 0 Å². The van der Waals surface area contributed by atoms with Gasteiger partial charge in [0.2, 0.25) is 0 Å². The zero-order chi connectivity index (χ0) is 18.8. The molecule has 1 saturated carbocycles. The summed E-state index contributed by atoms with van der Waals surface area (Å²) in [6.45, 7) is 12.0. The highest BCUT2D eigenvalue weighted by molar-refractivity contribution is 5.95. The number of morpholine rings is 1. The number of aromatic nitrogens is 1. The molecule has 2 aliphatic rings. The smallest absolute Gasteiger partial charge is 0.253 e. The van der Waals surface area contributed by atoms with Gasteiger partial charge in [-0.05, 0) is 38.7 Å². The third-order valence-corrected chi connectivity index (χ3v) is 6.06. The molecule has 146 valence electrons. The van der Waals surface area contributed by atoms with E-state index >= 15 is 0 Å². The fraction of sp³-hybridized carbons (Fsp3) is 0.762. The predicted octanol–water partition coefficient (Wildman–Crippen LogP) is 3.68. The minimum Gasteiger partial charge on any atom is -0.373 e. The Morgan fingerprint density at radius 1 is 1.31 bits per heavy atom. The average Bonchev–Trinajstić information content (AvgIpc) is 3.10. The van der Waals surface area contributed by atoms with Crippen LogP contribution in [0.25, 0.3) is 0 Å². The van der Waals surface area contributed by atoms with Gasteiger partial charge in [0, 0.05) is 37.1 Å². The lowest BCUT2D eigenvalue weighted by atomic mass is 9.79. The van der Waals surface area contributed by atoms with Crippen LogP contribution < -0.4 is 5.32 Å². The van der Waals surface area contributed by atoms with Crippen molar-refractivity contribution in [3.63, 3.8) is 0 Å². The maximum atomic E-state index is 12.9. The van der Waals surface area contributed by atoms with Gasteiger partial charge in [0.1, 0.15) is 0 Å². The Kier molecular flexibility index (Phi) is 5.78. The maximum absolute atomic E-state index is 12.9. The number of carbonyl (C=O) groups excluding carboxylic acids is 1. The van der Waals surface area contributed by atoms with Crippen LogP contribution in [0.4, 0.5) is 0 Å². The zero-order valence-corrected chi connectivity index (χ0v) is 16.9. The molecular formula is C21H35N3O2. The number of aromatic amines is 1. The van der Waals surface area contributed by atoms with E-state index in [-0.39, 0.29) is 17.0 Å². The monoisotopic (exact) mass is 361 g/mol. The highest BCUT2D eigenvalue weighted by Crippen LogP contribution is 2.36. The molecule has 3 rings (SSSR count). The van der Waals surface area contributed by atoms with Crippen molar-refractivity contribution in [2.75, 3.05) is 26.2 Å². The molecule has 1 aliphatic carbocycles. The normalized spacial score (nSPS) is 23.1. The van der Waals surface area contributed by atoms with Crippen molar-refractivity contribution >= 4 is 5.91 Å². The van der Waals surface area contributed by atoms with E-state index in [0.29, 0.717) is 5.92 Å². The van der Waals surface area contributed by atoms with E-state index in [4.69, 9.17) is 4.74 Å². The largest absolute Gasteiger partial charge is 0.373 e. The van der Waals surface area contributed by atoms with Gasteiger partial charge in [-0.15, -0.1) is 0 Å². The number of hydrogen-bond acceptors (Lipinski definition) is 3. The Morgan fingerprint density at radius 2 is 2.04 bits per heavy atom. The summed E-state index contributed by atoms with van der Waals surface area (Å²) in [6.07, 6.45) is 7.98. The van der Waals surface area contributed by atoms with E-state index in [1.165, 1.54) is 19.3 Å². The van der Waals surface area contributed by atoms with Crippen molar-refractivity contribution in [3.05, 3.63) is 23.5 Å². The van der Waals surface area contributed by atoms with Crippen LogP contribution in [-0.2, 0) is 4.74 Å². The van der Waals surface area contributed by atoms with Crippen molar-refractivity contribution in [2.45, 2.75) is 76.9 Å². The van der Waals surface area contributed by atoms with Crippen LogP contribution in [0.15, 0.2) is 12.3 Å². The minimum absolute atomic E-state index is 0.0485. The third-order valence-electron chi connectivity index (χ3n) is 6.06. The number of nitrogens with one attached hydrogen (secondary N) is 2. The Labute approximate surface area is 157 Å². The van der Waals surface area contributed by atoms with Crippen molar-refractivity contribution in [2.24, 2.45) is 0 Å². The van der Waals surface area contributed by atoms with Gasteiger partial charge < -0.3 is 15.0 Å². The first kappa shape index (κ1) is 19.4. The summed E-state index contributed by atoms with van der Waals surface area (Å²) in [6, 6.07) is 1.90. The van der Waals surface area contributed by atoms with Gasteiger partial charge in [0.25, 0.3) is 5.91 Å². The van der Waals surface area contributed by atoms with E-state index in [1.54, 1.807) is 0 Å². The first-order valence-corrected chi connectivity index (χ1v) is 10.2. The van der Waals surface area contributed by atoms with Crippen LogP contribution in [0.1, 0.15) is 81.8 Å². The molecule has 2 N–H and O–H groups in total. The number of carbonyl (C=O) groups is 1. The number of amides is 1. The summed E-state index contributed by atoms with van der Waals surface area (Å²) < 4.78 is 5.92. The second-order valence-corrected chi connectivity index (χ2v) is 8.96. The van der Waals surface area contributed by atoms with Gasteiger partial charge >= 0.3 is 0 Å². The van der Waals surface area contributed by atoms with E-state index in [2.05, 4.69) is 42.9 Å². The molecule has 1 saturated heterocycles. The Morgan fingerprint density at radius 3 is 2.69 bits per heavy atom. The minimum atomic E-state index is -0.113. The summed E-state index contributed by atoms with van der Waals surface area (Å²) in [4.78, 5) is 18.7. The van der Waals surface area contributed by atoms with Crippen LogP contribution in [0.5, 0.6) is 0 Å². The van der Waals surface area contributed by atoms with Crippen molar-refractivity contribution in [3.8, 4) is 0 Å². The van der Waals surface area contributed by atoms with Gasteiger partial charge in [-0.2, -0.15) is 0 Å². The number of rotatable bonds is 5. The molecule has 0 unspecified atom stereocenters. The summed E-state index contributed by atoms with van der Waals surface area (Å²) >= 11 is 0. The van der Waals surface area contributed by atoms with Crippen LogP contribution in [0.2, 0.25) is 0 Å². The molecule has 1 aliphatic heterocycles. The first-order valence-electron chi connectivity index (χ1n) is 10.2. The SMILES string of the molecule is CC(C)c1[nH]ccc1C(=O)NCC1(N2CCOC(C)(C)C2)CCCCC1. The van der Waals surface area contributed by atoms with Crippen molar-refractivity contribution in [1.29, 1.82) is 0 Å². The molecule has 5 heteroatoms. The van der Waals surface area contributed by atoms with E-state index in [9.17, 15) is 4.79 Å². The first-order chi connectivity index (χ1) is 12.3. The lowest BCUT2D eigenvalue weighted by Crippen LogP contribution is -2.63. The van der Waals surface area contributed by atoms with Gasteiger partial charge in [-0.25, -0.2) is 0 Å². The second-order valence-electron chi connectivity index (χ2n) is 8.96. The average molecular weight is 362 g/mol. The summed E-state index contributed by atoms with van der Waals surface area (Å²) in [5.74, 6) is 0.363. The maximum Gasteiger partial charge on any atom is 0.253 e. The summed E-state index contributed by atoms with van der Waals surface area (Å²) in [5, 5.41) is 3.27. The molecule has 1 aromatic rings. The molecule has 5 nitrogen and oxygen atoms in total. The van der Waals surface area contributed by atoms with Crippen LogP contribution >= 0.6 is 0 Å². The number of ether oxygens (including phenoxy) is 1. The highest BCUT2D eigenvalue weighted by atomic mass is 16.5. The Balaban J connectivity index is 1.72. The van der Waals surface area contributed by atoms with Crippen molar-refractivity contribution < 1.29 is 9.53 Å². The molecule has 0 atom stereocenters. The van der Waals surface area contributed by atoms with Gasteiger partial charge in [0.15, 0.2) is 0 Å². The van der Waals surface area contributed by atoms with Gasteiger partial charge in [-0.3, -0.25) is 9.69 Å². The Hall–Kier alpha value is -1.33. The molecule has 2 heterocycles. The fourth-order valence-electron chi connectivity index (χ4n) is 4.63. The van der Waals surface area contributed by atoms with Gasteiger partial charge in [-0.1, -0.05) is 33.1 Å². The quantitative estimate of drug-likeness (QED) is 0.841. The van der Waals surface area contributed by atoms with E-state index in [0.717, 1.165) is 50.3 Å². The van der Waals surface area contributed by atoms with E-state index in [1.807, 2.05) is 12.3 Å². The molecule has 0 bridgehead atoms. The molecule has 26 heavy (non-hydrogen) atoms. The third kappa shape index (κ3) is 4.15. The molecule has 1 aromatic heterocycles. The summed E-state index contributed by atoms with van der Waals surface area (Å²) in [5.41, 5.74) is 1.77. The number of H-pyrrole nitrogens is 1. The van der Waals surface area contributed by atoms with E-state index < -0.39 is 0 Å². The second kappa shape index (κ2) is 7.73. The lowest BCUT2D eigenvalue weighted by Gasteiger charge is -2.51. The standard InChI is InChI=1S/C21H35N3O2/c1-16(2)18-17(8-11-22-18)19(25)23-14-21(9-6-5-7-10-21)24-12-13-26-20(3,4)15-24/h8,11,16,22H,5-7,9-10,12-15H2,1-4H3,(H,23,25). The van der Waals surface area contributed by atoms with Crippen LogP contribution in [0, 0.1) is 0 Å². The number of hydrogen-bond donors (Lipinski definition) is 2. The topological polar surface area (TPSA) is 57.4 Å². The molecular weight excluding hydrogens is 326 g/mol. The highest BCUT2D eigenvalue weighted by Gasteiger charge is 2.42. The zero-order valence-electron chi connectivity index (χ0n) is 16.9. The van der Waals surface area contributed by atoms with Crippen molar-refractivity contribution in [1.82, 2.24) is 15.2 Å². The summed E-state index contributed by atoms with van der Waals surface area (Å²) in [7, 11) is 0. The lowest BCUT2D eigenvalue weighted by molar-refractivity contribution is -0.122. The molecule has 1 amide bonds. The fourth-order valence-corrected chi connectivity index (χ4v) is 4.63.